The summed E-state index contributed by atoms with van der Waals surface area (Å²) in [5, 5.41) is 3.21. The number of pyridine rings is 1. The van der Waals surface area contributed by atoms with Crippen LogP contribution in [0.2, 0.25) is 0 Å². The molecule has 0 bridgehead atoms. The first-order valence-electron chi connectivity index (χ1n) is 6.25. The first-order chi connectivity index (χ1) is 8.61. The number of hydrogen-bond acceptors (Lipinski definition) is 5. The van der Waals surface area contributed by atoms with Gasteiger partial charge in [-0.2, -0.15) is 0 Å². The number of hydrogen-bond donors (Lipinski definition) is 1. The van der Waals surface area contributed by atoms with Crippen LogP contribution in [0.3, 0.4) is 0 Å². The second kappa shape index (κ2) is 5.56. The zero-order valence-electron chi connectivity index (χ0n) is 10.6. The van der Waals surface area contributed by atoms with Crippen molar-refractivity contribution in [1.82, 2.24) is 4.98 Å². The second-order valence-electron chi connectivity index (χ2n) is 4.45. The van der Waals surface area contributed by atoms with Crippen molar-refractivity contribution in [2.75, 3.05) is 41.4 Å². The molecule has 18 heavy (non-hydrogen) atoms. The Morgan fingerprint density at radius 1 is 1.33 bits per heavy atom. The second-order valence-corrected chi connectivity index (χ2v) is 6.76. The van der Waals surface area contributed by atoms with Crippen LogP contribution in [0.5, 0.6) is 0 Å². The third-order valence-electron chi connectivity index (χ3n) is 3.03. The first kappa shape index (κ1) is 13.1. The summed E-state index contributed by atoms with van der Waals surface area (Å²) in [6.45, 7) is 4.21. The summed E-state index contributed by atoms with van der Waals surface area (Å²) in [5.41, 5.74) is 1.97. The molecule has 2 heterocycles. The van der Waals surface area contributed by atoms with Gasteiger partial charge in [0.1, 0.15) is 0 Å². The minimum atomic E-state index is -2.86. The molecule has 100 valence electrons. The van der Waals surface area contributed by atoms with E-state index in [1.54, 1.807) is 12.4 Å². The number of aromatic nitrogens is 1. The summed E-state index contributed by atoms with van der Waals surface area (Å²) < 4.78 is 23.1. The Hall–Kier alpha value is -1.30. The maximum absolute atomic E-state index is 11.6. The molecule has 1 fully saturated rings. The van der Waals surface area contributed by atoms with E-state index in [4.69, 9.17) is 0 Å². The molecular weight excluding hydrogens is 250 g/mol. The lowest BCUT2D eigenvalue weighted by Gasteiger charge is -2.22. The third-order valence-corrected chi connectivity index (χ3v) is 4.74. The van der Waals surface area contributed by atoms with Crippen LogP contribution in [-0.2, 0) is 9.84 Å². The molecule has 1 aliphatic heterocycles. The minimum Gasteiger partial charge on any atom is -0.384 e. The van der Waals surface area contributed by atoms with Crippen LogP contribution in [0.15, 0.2) is 18.5 Å². The molecule has 0 radical (unpaired) electrons. The van der Waals surface area contributed by atoms with Crippen molar-refractivity contribution in [3.05, 3.63) is 18.5 Å². The fourth-order valence-electron chi connectivity index (χ4n) is 2.10. The number of anilines is 2. The smallest absolute Gasteiger partial charge is 0.152 e. The van der Waals surface area contributed by atoms with E-state index in [0.717, 1.165) is 24.5 Å². The predicted molar refractivity (Wildman–Crippen MR) is 73.9 cm³/mol. The maximum atomic E-state index is 11.6. The lowest BCUT2D eigenvalue weighted by Crippen LogP contribution is -2.26. The van der Waals surface area contributed by atoms with Gasteiger partial charge in [-0.1, -0.05) is 0 Å². The van der Waals surface area contributed by atoms with Gasteiger partial charge in [0.05, 0.1) is 35.3 Å². The van der Waals surface area contributed by atoms with Gasteiger partial charge in [-0.25, -0.2) is 8.42 Å². The molecule has 0 atom stereocenters. The molecule has 6 heteroatoms. The Morgan fingerprint density at radius 2 is 2.17 bits per heavy atom. The molecule has 1 N–H and O–H groups in total. The molecular formula is C12H19N3O2S. The Kier molecular flexibility index (Phi) is 4.06. The molecule has 0 amide bonds. The van der Waals surface area contributed by atoms with Crippen molar-refractivity contribution in [1.29, 1.82) is 0 Å². The Bertz CT molecular complexity index is 502. The number of rotatable bonds is 3. The molecule has 1 aromatic heterocycles. The largest absolute Gasteiger partial charge is 0.384 e. The lowest BCUT2D eigenvalue weighted by molar-refractivity contribution is 0.597. The number of nitrogens with zero attached hydrogens (tertiary/aromatic N) is 2. The summed E-state index contributed by atoms with van der Waals surface area (Å²) in [5.74, 6) is 0.530. The third kappa shape index (κ3) is 3.35. The normalized spacial score (nSPS) is 19.3. The van der Waals surface area contributed by atoms with Gasteiger partial charge in [0.15, 0.2) is 9.84 Å². The molecule has 2 rings (SSSR count). The average molecular weight is 269 g/mol. The van der Waals surface area contributed by atoms with Gasteiger partial charge in [0, 0.05) is 19.6 Å². The molecule has 5 nitrogen and oxygen atoms in total. The van der Waals surface area contributed by atoms with Crippen molar-refractivity contribution in [3.8, 4) is 0 Å². The minimum absolute atomic E-state index is 0.235. The van der Waals surface area contributed by atoms with Crippen LogP contribution in [0.1, 0.15) is 13.3 Å². The zero-order chi connectivity index (χ0) is 13.0. The summed E-state index contributed by atoms with van der Waals surface area (Å²) >= 11 is 0. The van der Waals surface area contributed by atoms with Gasteiger partial charge >= 0.3 is 0 Å². The van der Waals surface area contributed by atoms with Gasteiger partial charge in [0.2, 0.25) is 0 Å². The van der Waals surface area contributed by atoms with E-state index >= 15 is 0 Å². The molecule has 0 unspecified atom stereocenters. The van der Waals surface area contributed by atoms with Gasteiger partial charge < -0.3 is 10.2 Å². The van der Waals surface area contributed by atoms with E-state index in [-0.39, 0.29) is 5.75 Å². The monoisotopic (exact) mass is 269 g/mol. The van der Waals surface area contributed by atoms with Crippen LogP contribution in [0.25, 0.3) is 0 Å². The molecule has 0 aliphatic carbocycles. The topological polar surface area (TPSA) is 62.3 Å². The Labute approximate surface area is 108 Å². The molecule has 0 spiro atoms. The van der Waals surface area contributed by atoms with Crippen molar-refractivity contribution in [2.24, 2.45) is 0 Å². The Morgan fingerprint density at radius 3 is 2.94 bits per heavy atom. The van der Waals surface area contributed by atoms with E-state index in [1.807, 2.05) is 13.0 Å². The van der Waals surface area contributed by atoms with Crippen molar-refractivity contribution in [3.63, 3.8) is 0 Å². The molecule has 1 aromatic rings. The summed E-state index contributed by atoms with van der Waals surface area (Å²) in [4.78, 5) is 6.29. The van der Waals surface area contributed by atoms with Crippen LogP contribution >= 0.6 is 0 Å². The lowest BCUT2D eigenvalue weighted by atomic mass is 10.3. The van der Waals surface area contributed by atoms with Gasteiger partial charge in [-0.15, -0.1) is 0 Å². The van der Waals surface area contributed by atoms with E-state index in [9.17, 15) is 8.42 Å². The molecule has 0 saturated carbocycles. The van der Waals surface area contributed by atoms with E-state index in [1.165, 1.54) is 0 Å². The van der Waals surface area contributed by atoms with Gasteiger partial charge in [-0.05, 0) is 19.4 Å². The Balaban J connectivity index is 2.13. The fraction of sp³-hybridized carbons (Fsp3) is 0.583. The van der Waals surface area contributed by atoms with Crippen LogP contribution in [-0.4, -0.2) is 44.5 Å². The zero-order valence-corrected chi connectivity index (χ0v) is 11.4. The quantitative estimate of drug-likeness (QED) is 0.891. The van der Waals surface area contributed by atoms with Crippen molar-refractivity contribution >= 4 is 21.2 Å². The maximum Gasteiger partial charge on any atom is 0.152 e. The van der Waals surface area contributed by atoms with Gasteiger partial charge in [0.25, 0.3) is 0 Å². The highest BCUT2D eigenvalue weighted by Gasteiger charge is 2.19. The first-order valence-corrected chi connectivity index (χ1v) is 8.07. The van der Waals surface area contributed by atoms with Crippen LogP contribution in [0, 0.1) is 0 Å². The molecule has 1 aliphatic rings. The van der Waals surface area contributed by atoms with E-state index < -0.39 is 9.84 Å². The van der Waals surface area contributed by atoms with Crippen molar-refractivity contribution < 1.29 is 8.42 Å². The summed E-state index contributed by atoms with van der Waals surface area (Å²) in [7, 11) is -2.86. The fourth-order valence-corrected chi connectivity index (χ4v) is 3.37. The highest BCUT2D eigenvalue weighted by molar-refractivity contribution is 7.91. The van der Waals surface area contributed by atoms with E-state index in [0.29, 0.717) is 18.7 Å². The van der Waals surface area contributed by atoms with Crippen LogP contribution < -0.4 is 10.2 Å². The van der Waals surface area contributed by atoms with Gasteiger partial charge in [-0.3, -0.25) is 4.98 Å². The average Bonchev–Trinajstić information content (AvgIpc) is 2.51. The predicted octanol–water partition coefficient (Wildman–Crippen LogP) is 1.14. The number of sulfone groups is 1. The molecule has 0 aromatic carbocycles. The summed E-state index contributed by atoms with van der Waals surface area (Å²) in [6.07, 6.45) is 4.26. The van der Waals surface area contributed by atoms with Crippen LogP contribution in [0.4, 0.5) is 11.4 Å². The number of nitrogens with one attached hydrogen (secondary N) is 1. The van der Waals surface area contributed by atoms with Crippen molar-refractivity contribution in [2.45, 2.75) is 13.3 Å². The molecule has 1 saturated heterocycles. The standard InChI is InChI=1S/C12H19N3O2S/c1-2-14-11-8-12(10-13-9-11)15-4-3-6-18(16,17)7-5-15/h8-10,14H,2-7H2,1H3. The van der Waals surface area contributed by atoms with E-state index in [2.05, 4.69) is 15.2 Å². The highest BCUT2D eigenvalue weighted by atomic mass is 32.2. The SMILES string of the molecule is CCNc1cncc(N2CCCS(=O)(=O)CC2)c1. The highest BCUT2D eigenvalue weighted by Crippen LogP contribution is 2.19. The summed E-state index contributed by atoms with van der Waals surface area (Å²) in [6, 6.07) is 2.02.